The van der Waals surface area contributed by atoms with E-state index in [9.17, 15) is 8.78 Å². The highest BCUT2D eigenvalue weighted by Crippen LogP contribution is 2.27. The molecule has 0 aromatic carbocycles. The standard InChI is InChI=1S/C8H17F2N/c1-6(2)11-7(3,4)8(5,9)10/h6,11H,1-5H3. The van der Waals surface area contributed by atoms with E-state index in [1.54, 1.807) is 0 Å². The minimum Gasteiger partial charge on any atom is -0.304 e. The predicted octanol–water partition coefficient (Wildman–Crippen LogP) is 2.42. The SMILES string of the molecule is CC(C)NC(C)(C)C(C)(F)F. The Bertz CT molecular complexity index is 125. The van der Waals surface area contributed by atoms with Crippen LogP contribution >= 0.6 is 0 Å². The molecule has 0 aliphatic heterocycles. The van der Waals surface area contributed by atoms with Crippen molar-refractivity contribution in [2.45, 2.75) is 52.1 Å². The summed E-state index contributed by atoms with van der Waals surface area (Å²) in [5.41, 5.74) is -1.12. The molecule has 0 rings (SSSR count). The highest BCUT2D eigenvalue weighted by Gasteiger charge is 2.41. The lowest BCUT2D eigenvalue weighted by Crippen LogP contribution is -2.54. The summed E-state index contributed by atoms with van der Waals surface area (Å²) in [6.45, 7) is 7.66. The highest BCUT2D eigenvalue weighted by atomic mass is 19.3. The van der Waals surface area contributed by atoms with Crippen LogP contribution < -0.4 is 5.32 Å². The Balaban J connectivity index is 4.22. The topological polar surface area (TPSA) is 12.0 Å². The molecule has 0 saturated heterocycles. The summed E-state index contributed by atoms with van der Waals surface area (Å²) >= 11 is 0. The Hall–Kier alpha value is -0.180. The Labute approximate surface area is 67.2 Å². The zero-order valence-corrected chi connectivity index (χ0v) is 7.83. The van der Waals surface area contributed by atoms with Gasteiger partial charge in [0.2, 0.25) is 0 Å². The molecule has 0 unspecified atom stereocenters. The van der Waals surface area contributed by atoms with Gasteiger partial charge in [-0.1, -0.05) is 13.8 Å². The van der Waals surface area contributed by atoms with Crippen LogP contribution in [0.2, 0.25) is 0 Å². The fraction of sp³-hybridized carbons (Fsp3) is 1.00. The molecule has 3 heteroatoms. The molecule has 0 aliphatic rings. The minimum atomic E-state index is -2.68. The van der Waals surface area contributed by atoms with Crippen LogP contribution in [0.4, 0.5) is 8.78 Å². The van der Waals surface area contributed by atoms with Gasteiger partial charge in [-0.25, -0.2) is 8.78 Å². The van der Waals surface area contributed by atoms with Crippen LogP contribution in [-0.2, 0) is 0 Å². The number of halogens is 2. The number of hydrogen-bond donors (Lipinski definition) is 1. The quantitative estimate of drug-likeness (QED) is 0.677. The first kappa shape index (κ1) is 10.8. The number of alkyl halides is 2. The molecule has 0 aromatic rings. The summed E-state index contributed by atoms with van der Waals surface area (Å²) in [5.74, 6) is -2.68. The van der Waals surface area contributed by atoms with E-state index in [2.05, 4.69) is 5.32 Å². The monoisotopic (exact) mass is 165 g/mol. The van der Waals surface area contributed by atoms with Crippen molar-refractivity contribution in [2.24, 2.45) is 0 Å². The van der Waals surface area contributed by atoms with E-state index < -0.39 is 11.5 Å². The summed E-state index contributed by atoms with van der Waals surface area (Å²) in [6, 6.07) is 0.0795. The van der Waals surface area contributed by atoms with Crippen molar-refractivity contribution in [3.63, 3.8) is 0 Å². The fourth-order valence-corrected chi connectivity index (χ4v) is 0.848. The third-order valence-corrected chi connectivity index (χ3v) is 1.75. The molecule has 0 heterocycles. The first-order chi connectivity index (χ1) is 4.67. The van der Waals surface area contributed by atoms with Gasteiger partial charge in [-0.15, -0.1) is 0 Å². The maximum atomic E-state index is 12.8. The zero-order chi connectivity index (χ0) is 9.28. The van der Waals surface area contributed by atoms with Crippen LogP contribution in [0.3, 0.4) is 0 Å². The lowest BCUT2D eigenvalue weighted by molar-refractivity contribution is -0.0612. The van der Waals surface area contributed by atoms with E-state index in [-0.39, 0.29) is 6.04 Å². The van der Waals surface area contributed by atoms with E-state index in [4.69, 9.17) is 0 Å². The molecule has 0 amide bonds. The third-order valence-electron chi connectivity index (χ3n) is 1.75. The largest absolute Gasteiger partial charge is 0.304 e. The van der Waals surface area contributed by atoms with Crippen molar-refractivity contribution in [3.05, 3.63) is 0 Å². The van der Waals surface area contributed by atoms with Crippen molar-refractivity contribution in [1.29, 1.82) is 0 Å². The van der Waals surface area contributed by atoms with Crippen LogP contribution in [0, 0.1) is 0 Å². The van der Waals surface area contributed by atoms with E-state index >= 15 is 0 Å². The van der Waals surface area contributed by atoms with E-state index in [1.165, 1.54) is 13.8 Å². The van der Waals surface area contributed by atoms with Gasteiger partial charge in [-0.2, -0.15) is 0 Å². The minimum absolute atomic E-state index is 0.0795. The maximum absolute atomic E-state index is 12.8. The van der Waals surface area contributed by atoms with Gasteiger partial charge in [0, 0.05) is 13.0 Å². The molecule has 0 bridgehead atoms. The van der Waals surface area contributed by atoms with Crippen molar-refractivity contribution < 1.29 is 8.78 Å². The molecule has 0 fully saturated rings. The van der Waals surface area contributed by atoms with Crippen LogP contribution in [-0.4, -0.2) is 17.5 Å². The lowest BCUT2D eigenvalue weighted by atomic mass is 9.97. The van der Waals surface area contributed by atoms with Crippen molar-refractivity contribution in [2.75, 3.05) is 0 Å². The van der Waals surface area contributed by atoms with Crippen LogP contribution in [0.15, 0.2) is 0 Å². The zero-order valence-electron chi connectivity index (χ0n) is 7.83. The number of nitrogens with one attached hydrogen (secondary N) is 1. The average Bonchev–Trinajstić information content (AvgIpc) is 1.56. The molecule has 0 aliphatic carbocycles. The predicted molar refractivity (Wildman–Crippen MR) is 43.0 cm³/mol. The van der Waals surface area contributed by atoms with E-state index in [1.807, 2.05) is 13.8 Å². The molecular weight excluding hydrogens is 148 g/mol. The molecule has 11 heavy (non-hydrogen) atoms. The van der Waals surface area contributed by atoms with Gasteiger partial charge >= 0.3 is 0 Å². The Morgan fingerprint density at radius 2 is 1.45 bits per heavy atom. The van der Waals surface area contributed by atoms with Gasteiger partial charge in [0.25, 0.3) is 5.92 Å². The molecule has 0 aromatic heterocycles. The number of rotatable bonds is 3. The summed E-state index contributed by atoms with van der Waals surface area (Å²) in [5, 5.41) is 2.81. The van der Waals surface area contributed by atoms with Gasteiger partial charge in [0.15, 0.2) is 0 Å². The normalized spacial score (nSPS) is 14.2. The highest BCUT2D eigenvalue weighted by molar-refractivity contribution is 4.90. The molecule has 0 radical (unpaired) electrons. The Kier molecular flexibility index (Phi) is 3.00. The van der Waals surface area contributed by atoms with Crippen molar-refractivity contribution in [3.8, 4) is 0 Å². The smallest absolute Gasteiger partial charge is 0.262 e. The Morgan fingerprint density at radius 3 is 1.55 bits per heavy atom. The van der Waals surface area contributed by atoms with Gasteiger partial charge in [-0.05, 0) is 13.8 Å². The van der Waals surface area contributed by atoms with Gasteiger partial charge in [0.05, 0.1) is 5.54 Å². The van der Waals surface area contributed by atoms with Crippen molar-refractivity contribution in [1.82, 2.24) is 5.32 Å². The molecule has 0 saturated carbocycles. The summed E-state index contributed by atoms with van der Waals surface area (Å²) in [4.78, 5) is 0. The second-order valence-electron chi connectivity index (χ2n) is 3.81. The summed E-state index contributed by atoms with van der Waals surface area (Å²) < 4.78 is 25.6. The summed E-state index contributed by atoms with van der Waals surface area (Å²) in [6.07, 6.45) is 0. The van der Waals surface area contributed by atoms with Gasteiger partial charge in [0.1, 0.15) is 0 Å². The molecule has 1 N–H and O–H groups in total. The summed E-state index contributed by atoms with van der Waals surface area (Å²) in [7, 11) is 0. The fourth-order valence-electron chi connectivity index (χ4n) is 0.848. The third kappa shape index (κ3) is 3.14. The molecule has 0 atom stereocenters. The van der Waals surface area contributed by atoms with E-state index in [0.29, 0.717) is 0 Å². The first-order valence-electron chi connectivity index (χ1n) is 3.82. The van der Waals surface area contributed by atoms with Crippen molar-refractivity contribution >= 4 is 0 Å². The van der Waals surface area contributed by atoms with Crippen LogP contribution in [0.5, 0.6) is 0 Å². The average molecular weight is 165 g/mol. The van der Waals surface area contributed by atoms with Gasteiger partial charge in [-0.3, -0.25) is 0 Å². The van der Waals surface area contributed by atoms with Gasteiger partial charge < -0.3 is 5.32 Å². The van der Waals surface area contributed by atoms with Crippen LogP contribution in [0.1, 0.15) is 34.6 Å². The molecule has 0 spiro atoms. The second-order valence-corrected chi connectivity index (χ2v) is 3.81. The van der Waals surface area contributed by atoms with E-state index in [0.717, 1.165) is 6.92 Å². The first-order valence-corrected chi connectivity index (χ1v) is 3.82. The molecule has 68 valence electrons. The second kappa shape index (κ2) is 3.05. The lowest BCUT2D eigenvalue weighted by Gasteiger charge is -2.34. The van der Waals surface area contributed by atoms with Crippen LogP contribution in [0.25, 0.3) is 0 Å². The molecule has 1 nitrogen and oxygen atoms in total. The Morgan fingerprint density at radius 1 is 1.09 bits per heavy atom. The number of hydrogen-bond acceptors (Lipinski definition) is 1. The molecular formula is C8H17F2N. The maximum Gasteiger partial charge on any atom is 0.262 e.